The van der Waals surface area contributed by atoms with Gasteiger partial charge in [0.15, 0.2) is 5.82 Å². The molecule has 1 aromatic carbocycles. The molecule has 5 heteroatoms. The van der Waals surface area contributed by atoms with E-state index < -0.39 is 0 Å². The Kier molecular flexibility index (Phi) is 3.10. The van der Waals surface area contributed by atoms with E-state index in [0.29, 0.717) is 5.92 Å². The second-order valence-corrected chi connectivity index (χ2v) is 6.33. The summed E-state index contributed by atoms with van der Waals surface area (Å²) in [5.41, 5.74) is 3.43. The molecular formula is C16H16BrN3O. The van der Waals surface area contributed by atoms with Gasteiger partial charge in [-0.2, -0.15) is 0 Å². The van der Waals surface area contributed by atoms with E-state index >= 15 is 0 Å². The molecule has 1 aliphatic heterocycles. The van der Waals surface area contributed by atoms with Gasteiger partial charge in [-0.1, -0.05) is 0 Å². The third-order valence-corrected chi connectivity index (χ3v) is 4.81. The van der Waals surface area contributed by atoms with Crippen LogP contribution >= 0.6 is 15.9 Å². The number of halogens is 1. The topological polar surface area (TPSA) is 47.0 Å². The number of rotatable bonds is 3. The first-order chi connectivity index (χ1) is 10.3. The molecule has 0 spiro atoms. The highest BCUT2D eigenvalue weighted by atomic mass is 79.9. The van der Waals surface area contributed by atoms with E-state index in [1.807, 2.05) is 19.2 Å². The number of anilines is 1. The molecular weight excluding hydrogens is 330 g/mol. The van der Waals surface area contributed by atoms with Crippen molar-refractivity contribution in [3.05, 3.63) is 33.9 Å². The molecule has 1 aliphatic carbocycles. The zero-order valence-electron chi connectivity index (χ0n) is 11.8. The van der Waals surface area contributed by atoms with Crippen LogP contribution in [-0.4, -0.2) is 23.6 Å². The van der Waals surface area contributed by atoms with Crippen molar-refractivity contribution in [1.29, 1.82) is 0 Å². The molecule has 1 aromatic heterocycles. The van der Waals surface area contributed by atoms with Crippen LogP contribution in [0.3, 0.4) is 0 Å². The summed E-state index contributed by atoms with van der Waals surface area (Å²) in [4.78, 5) is 9.45. The van der Waals surface area contributed by atoms with Gasteiger partial charge in [-0.3, -0.25) is 0 Å². The summed E-state index contributed by atoms with van der Waals surface area (Å²) in [5.74, 6) is 3.22. The summed E-state index contributed by atoms with van der Waals surface area (Å²) >= 11 is 3.63. The molecule has 4 rings (SSSR count). The van der Waals surface area contributed by atoms with Crippen molar-refractivity contribution in [2.75, 3.05) is 19.0 Å². The normalized spacial score (nSPS) is 16.5. The van der Waals surface area contributed by atoms with Crippen LogP contribution in [0.1, 0.15) is 30.0 Å². The third kappa shape index (κ3) is 2.29. The Balaban J connectivity index is 1.82. The van der Waals surface area contributed by atoms with Gasteiger partial charge >= 0.3 is 0 Å². The van der Waals surface area contributed by atoms with Crippen LogP contribution in [0, 0.1) is 0 Å². The number of benzene rings is 1. The number of ether oxygens (including phenoxy) is 1. The van der Waals surface area contributed by atoms with E-state index in [0.717, 1.165) is 46.1 Å². The van der Waals surface area contributed by atoms with Crippen molar-refractivity contribution in [2.24, 2.45) is 0 Å². The molecule has 0 amide bonds. The average Bonchev–Trinajstić information content (AvgIpc) is 3.24. The molecule has 1 saturated carbocycles. The molecule has 0 radical (unpaired) electrons. The summed E-state index contributed by atoms with van der Waals surface area (Å²) in [6.07, 6.45) is 3.40. The summed E-state index contributed by atoms with van der Waals surface area (Å²) in [5, 5.41) is 3.16. The predicted octanol–water partition coefficient (Wildman–Crippen LogP) is 3.76. The van der Waals surface area contributed by atoms with Gasteiger partial charge in [0.1, 0.15) is 11.6 Å². The maximum Gasteiger partial charge on any atom is 0.161 e. The lowest BCUT2D eigenvalue weighted by Crippen LogP contribution is -2.02. The number of fused-ring (bicyclic) bond motifs is 1. The molecule has 2 heterocycles. The number of aromatic nitrogens is 2. The Morgan fingerprint density at radius 3 is 2.90 bits per heavy atom. The predicted molar refractivity (Wildman–Crippen MR) is 85.9 cm³/mol. The standard InChI is InChI=1S/C16H16BrN3O/c1-18-16-13(17)14(9-2-3-9)19-15(20-16)11-4-5-12-10(8-11)6-7-21-12/h4-5,8-9H,2-3,6-7H2,1H3,(H,18,19,20). The summed E-state index contributed by atoms with van der Waals surface area (Å²) in [7, 11) is 1.89. The van der Waals surface area contributed by atoms with Crippen LogP contribution in [0.25, 0.3) is 11.4 Å². The molecule has 0 bridgehead atoms. The van der Waals surface area contributed by atoms with Crippen LogP contribution in [0.4, 0.5) is 5.82 Å². The molecule has 2 aromatic rings. The van der Waals surface area contributed by atoms with Crippen molar-refractivity contribution in [2.45, 2.75) is 25.2 Å². The number of nitrogens with zero attached hydrogens (tertiary/aromatic N) is 2. The van der Waals surface area contributed by atoms with Gasteiger partial charge in [-0.25, -0.2) is 9.97 Å². The molecule has 0 saturated heterocycles. The second-order valence-electron chi connectivity index (χ2n) is 5.54. The monoisotopic (exact) mass is 345 g/mol. The van der Waals surface area contributed by atoms with Gasteiger partial charge in [-0.05, 0) is 52.5 Å². The quantitative estimate of drug-likeness (QED) is 0.919. The van der Waals surface area contributed by atoms with E-state index in [2.05, 4.69) is 32.3 Å². The van der Waals surface area contributed by atoms with Gasteiger partial charge in [0.05, 0.1) is 16.8 Å². The van der Waals surface area contributed by atoms with Gasteiger partial charge in [0.25, 0.3) is 0 Å². The van der Waals surface area contributed by atoms with Crippen molar-refractivity contribution >= 4 is 21.7 Å². The van der Waals surface area contributed by atoms with Crippen molar-refractivity contribution in [3.63, 3.8) is 0 Å². The minimum absolute atomic E-state index is 0.575. The first kappa shape index (κ1) is 13.1. The van der Waals surface area contributed by atoms with Gasteiger partial charge < -0.3 is 10.1 Å². The van der Waals surface area contributed by atoms with Crippen LogP contribution in [0.15, 0.2) is 22.7 Å². The summed E-state index contributed by atoms with van der Waals surface area (Å²) in [6.45, 7) is 0.773. The maximum atomic E-state index is 5.56. The highest BCUT2D eigenvalue weighted by molar-refractivity contribution is 9.10. The zero-order valence-corrected chi connectivity index (χ0v) is 13.4. The van der Waals surface area contributed by atoms with E-state index in [4.69, 9.17) is 9.72 Å². The van der Waals surface area contributed by atoms with Gasteiger partial charge in [0, 0.05) is 24.9 Å². The van der Waals surface area contributed by atoms with Gasteiger partial charge in [-0.15, -0.1) is 0 Å². The molecule has 0 unspecified atom stereocenters. The van der Waals surface area contributed by atoms with Crippen molar-refractivity contribution in [1.82, 2.24) is 9.97 Å². The molecule has 1 N–H and O–H groups in total. The Labute approximate surface area is 132 Å². The third-order valence-electron chi connectivity index (χ3n) is 4.03. The minimum atomic E-state index is 0.575. The fourth-order valence-electron chi connectivity index (χ4n) is 2.71. The van der Waals surface area contributed by atoms with Crippen LogP contribution in [0.2, 0.25) is 0 Å². The Bertz CT molecular complexity index is 713. The maximum absolute atomic E-state index is 5.56. The molecule has 0 atom stereocenters. The molecule has 2 aliphatic rings. The lowest BCUT2D eigenvalue weighted by Gasteiger charge is -2.11. The number of hydrogen-bond donors (Lipinski definition) is 1. The molecule has 4 nitrogen and oxygen atoms in total. The summed E-state index contributed by atoms with van der Waals surface area (Å²) < 4.78 is 6.57. The molecule has 21 heavy (non-hydrogen) atoms. The fourth-order valence-corrected chi connectivity index (χ4v) is 3.41. The van der Waals surface area contributed by atoms with Crippen LogP contribution < -0.4 is 10.1 Å². The highest BCUT2D eigenvalue weighted by Crippen LogP contribution is 2.44. The zero-order chi connectivity index (χ0) is 14.4. The largest absolute Gasteiger partial charge is 0.493 e. The SMILES string of the molecule is CNc1nc(-c2ccc3c(c2)CCO3)nc(C2CC2)c1Br. The first-order valence-electron chi connectivity index (χ1n) is 7.27. The van der Waals surface area contributed by atoms with E-state index in [1.54, 1.807) is 0 Å². The van der Waals surface area contributed by atoms with Crippen LogP contribution in [0.5, 0.6) is 5.75 Å². The number of nitrogens with one attached hydrogen (secondary N) is 1. The highest BCUT2D eigenvalue weighted by Gasteiger charge is 2.29. The fraction of sp³-hybridized carbons (Fsp3) is 0.375. The van der Waals surface area contributed by atoms with E-state index in [1.165, 1.54) is 18.4 Å². The summed E-state index contributed by atoms with van der Waals surface area (Å²) in [6, 6.07) is 6.23. The van der Waals surface area contributed by atoms with Crippen molar-refractivity contribution in [3.8, 4) is 17.1 Å². The smallest absolute Gasteiger partial charge is 0.161 e. The Hall–Kier alpha value is -1.62. The Morgan fingerprint density at radius 1 is 1.29 bits per heavy atom. The van der Waals surface area contributed by atoms with Gasteiger partial charge in [0.2, 0.25) is 0 Å². The van der Waals surface area contributed by atoms with E-state index in [9.17, 15) is 0 Å². The second kappa shape index (κ2) is 4.98. The lowest BCUT2D eigenvalue weighted by molar-refractivity contribution is 0.357. The Morgan fingerprint density at radius 2 is 2.14 bits per heavy atom. The molecule has 108 valence electrons. The average molecular weight is 346 g/mol. The first-order valence-corrected chi connectivity index (χ1v) is 8.07. The lowest BCUT2D eigenvalue weighted by atomic mass is 10.1. The van der Waals surface area contributed by atoms with E-state index in [-0.39, 0.29) is 0 Å². The minimum Gasteiger partial charge on any atom is -0.493 e. The van der Waals surface area contributed by atoms with Crippen molar-refractivity contribution < 1.29 is 4.74 Å². The van der Waals surface area contributed by atoms with Crippen LogP contribution in [-0.2, 0) is 6.42 Å². The molecule has 1 fully saturated rings. The number of hydrogen-bond acceptors (Lipinski definition) is 4.